The number of aliphatic carboxylic acids is 1. The molecule has 0 aliphatic carbocycles. The lowest BCUT2D eigenvalue weighted by molar-refractivity contribution is -0.136. The fourth-order valence-electron chi connectivity index (χ4n) is 1.30. The summed E-state index contributed by atoms with van der Waals surface area (Å²) < 4.78 is 1.75. The van der Waals surface area contributed by atoms with E-state index in [1.165, 1.54) is 0 Å². The van der Waals surface area contributed by atoms with Gasteiger partial charge in [0.2, 0.25) is 0 Å². The quantitative estimate of drug-likeness (QED) is 0.768. The van der Waals surface area contributed by atoms with Crippen LogP contribution >= 0.6 is 0 Å². The molecule has 0 bridgehead atoms. The van der Waals surface area contributed by atoms with Gasteiger partial charge in [0, 0.05) is 6.04 Å². The van der Waals surface area contributed by atoms with Gasteiger partial charge in [-0.1, -0.05) is 0 Å². The maximum Gasteiger partial charge on any atom is 0.309 e. The highest BCUT2D eigenvalue weighted by Crippen LogP contribution is 2.11. The van der Waals surface area contributed by atoms with Crippen molar-refractivity contribution in [1.82, 2.24) is 9.78 Å². The Hall–Kier alpha value is -1.32. The third-order valence-corrected chi connectivity index (χ3v) is 1.76. The second kappa shape index (κ2) is 3.60. The number of aromatic nitrogens is 2. The minimum atomic E-state index is -0.818. The summed E-state index contributed by atoms with van der Waals surface area (Å²) in [6.45, 7) is 5.83. The number of rotatable bonds is 3. The summed E-state index contributed by atoms with van der Waals surface area (Å²) >= 11 is 0. The number of hydrogen-bond acceptors (Lipinski definition) is 2. The molecule has 4 nitrogen and oxygen atoms in total. The van der Waals surface area contributed by atoms with Crippen LogP contribution in [0.5, 0.6) is 0 Å². The average molecular weight is 182 g/mol. The molecule has 0 atom stereocenters. The number of carbonyl (C=O) groups is 1. The van der Waals surface area contributed by atoms with E-state index >= 15 is 0 Å². The Morgan fingerprint density at radius 1 is 1.69 bits per heavy atom. The predicted octanol–water partition coefficient (Wildman–Crippen LogP) is 1.40. The maximum atomic E-state index is 10.5. The molecule has 1 aromatic heterocycles. The molecule has 72 valence electrons. The molecule has 0 radical (unpaired) electrons. The zero-order chi connectivity index (χ0) is 10.0. The topological polar surface area (TPSA) is 55.1 Å². The van der Waals surface area contributed by atoms with Crippen LogP contribution in [-0.2, 0) is 11.2 Å². The largest absolute Gasteiger partial charge is 0.481 e. The van der Waals surface area contributed by atoms with Crippen LogP contribution < -0.4 is 0 Å². The molecule has 1 rings (SSSR count). The van der Waals surface area contributed by atoms with E-state index in [2.05, 4.69) is 5.10 Å². The Morgan fingerprint density at radius 3 is 2.77 bits per heavy atom. The Balaban J connectivity index is 2.97. The summed E-state index contributed by atoms with van der Waals surface area (Å²) in [5.41, 5.74) is 1.63. The zero-order valence-electron chi connectivity index (χ0n) is 8.11. The maximum absolute atomic E-state index is 10.5. The van der Waals surface area contributed by atoms with Gasteiger partial charge in [-0.25, -0.2) is 0 Å². The standard InChI is InChI=1S/C9H14N2O2/c1-6(2)11-8(5-9(12)13)4-7(3)10-11/h4,6H,5H2,1-3H3,(H,12,13). The minimum Gasteiger partial charge on any atom is -0.481 e. The molecule has 0 amide bonds. The first-order valence-corrected chi connectivity index (χ1v) is 4.27. The molecule has 0 saturated heterocycles. The van der Waals surface area contributed by atoms with Crippen molar-refractivity contribution in [2.24, 2.45) is 0 Å². The van der Waals surface area contributed by atoms with Gasteiger partial charge in [0.15, 0.2) is 0 Å². The summed E-state index contributed by atoms with van der Waals surface area (Å²) in [5, 5.41) is 12.9. The summed E-state index contributed by atoms with van der Waals surface area (Å²) in [4.78, 5) is 10.5. The molecule has 0 aliphatic heterocycles. The van der Waals surface area contributed by atoms with Crippen LogP contribution in [0.3, 0.4) is 0 Å². The lowest BCUT2D eigenvalue weighted by atomic mass is 10.2. The Kier molecular flexibility index (Phi) is 2.70. The molecular formula is C9H14N2O2. The molecule has 0 unspecified atom stereocenters. The lowest BCUT2D eigenvalue weighted by Crippen LogP contribution is -2.11. The van der Waals surface area contributed by atoms with Gasteiger partial charge in [-0.15, -0.1) is 0 Å². The summed E-state index contributed by atoms with van der Waals surface area (Å²) in [5.74, 6) is -0.818. The third-order valence-electron chi connectivity index (χ3n) is 1.76. The van der Waals surface area contributed by atoms with E-state index in [9.17, 15) is 4.79 Å². The fraction of sp³-hybridized carbons (Fsp3) is 0.556. The average Bonchev–Trinajstić information content (AvgIpc) is 2.29. The van der Waals surface area contributed by atoms with Crippen molar-refractivity contribution in [1.29, 1.82) is 0 Å². The van der Waals surface area contributed by atoms with Gasteiger partial charge in [-0.3, -0.25) is 9.48 Å². The van der Waals surface area contributed by atoms with Gasteiger partial charge >= 0.3 is 5.97 Å². The molecule has 0 fully saturated rings. The number of aryl methyl sites for hydroxylation is 1. The Morgan fingerprint density at radius 2 is 2.31 bits per heavy atom. The van der Waals surface area contributed by atoms with Gasteiger partial charge in [0.1, 0.15) is 0 Å². The van der Waals surface area contributed by atoms with Crippen LogP contribution in [0, 0.1) is 6.92 Å². The number of carboxylic acids is 1. The number of nitrogens with zero attached hydrogens (tertiary/aromatic N) is 2. The number of carboxylic acid groups (broad SMARTS) is 1. The van der Waals surface area contributed by atoms with Crippen LogP contribution in [0.15, 0.2) is 6.07 Å². The van der Waals surface area contributed by atoms with Gasteiger partial charge in [0.25, 0.3) is 0 Å². The van der Waals surface area contributed by atoms with Crippen LogP contribution in [0.25, 0.3) is 0 Å². The lowest BCUT2D eigenvalue weighted by Gasteiger charge is -2.08. The highest BCUT2D eigenvalue weighted by molar-refractivity contribution is 5.69. The summed E-state index contributed by atoms with van der Waals surface area (Å²) in [6.07, 6.45) is 0.0407. The van der Waals surface area contributed by atoms with E-state index in [4.69, 9.17) is 5.11 Å². The molecular weight excluding hydrogens is 168 g/mol. The van der Waals surface area contributed by atoms with Crippen molar-refractivity contribution in [2.75, 3.05) is 0 Å². The highest BCUT2D eigenvalue weighted by atomic mass is 16.4. The summed E-state index contributed by atoms with van der Waals surface area (Å²) in [6, 6.07) is 2.02. The van der Waals surface area contributed by atoms with Crippen LogP contribution in [-0.4, -0.2) is 20.9 Å². The van der Waals surface area contributed by atoms with Crippen molar-refractivity contribution in [3.63, 3.8) is 0 Å². The minimum absolute atomic E-state index is 0.0407. The first-order chi connectivity index (χ1) is 6.00. The van der Waals surface area contributed by atoms with E-state index < -0.39 is 5.97 Å². The predicted molar refractivity (Wildman–Crippen MR) is 48.7 cm³/mol. The Labute approximate surface area is 77.2 Å². The van der Waals surface area contributed by atoms with E-state index in [-0.39, 0.29) is 12.5 Å². The molecule has 0 aliphatic rings. The van der Waals surface area contributed by atoms with Crippen molar-refractivity contribution in [3.8, 4) is 0 Å². The molecule has 0 saturated carbocycles. The second-order valence-corrected chi connectivity index (χ2v) is 3.39. The third kappa shape index (κ3) is 2.31. The molecule has 0 aromatic carbocycles. The van der Waals surface area contributed by atoms with Crippen molar-refractivity contribution < 1.29 is 9.90 Å². The van der Waals surface area contributed by atoms with Crippen LogP contribution in [0.4, 0.5) is 0 Å². The first kappa shape index (κ1) is 9.77. The van der Waals surface area contributed by atoms with Crippen molar-refractivity contribution >= 4 is 5.97 Å². The van der Waals surface area contributed by atoms with Crippen LogP contribution in [0.2, 0.25) is 0 Å². The first-order valence-electron chi connectivity index (χ1n) is 4.27. The van der Waals surface area contributed by atoms with Crippen LogP contribution in [0.1, 0.15) is 31.3 Å². The van der Waals surface area contributed by atoms with Gasteiger partial charge in [-0.2, -0.15) is 5.10 Å². The van der Waals surface area contributed by atoms with E-state index in [1.807, 2.05) is 26.8 Å². The smallest absolute Gasteiger partial charge is 0.309 e. The molecule has 1 aromatic rings. The highest BCUT2D eigenvalue weighted by Gasteiger charge is 2.10. The van der Waals surface area contributed by atoms with E-state index in [1.54, 1.807) is 4.68 Å². The van der Waals surface area contributed by atoms with Gasteiger partial charge < -0.3 is 5.11 Å². The molecule has 13 heavy (non-hydrogen) atoms. The monoisotopic (exact) mass is 182 g/mol. The van der Waals surface area contributed by atoms with Crippen molar-refractivity contribution in [2.45, 2.75) is 33.2 Å². The van der Waals surface area contributed by atoms with Crippen molar-refractivity contribution in [3.05, 3.63) is 17.5 Å². The Bertz CT molecular complexity index is 315. The summed E-state index contributed by atoms with van der Waals surface area (Å²) in [7, 11) is 0. The molecule has 4 heteroatoms. The molecule has 1 N–H and O–H groups in total. The molecule has 1 heterocycles. The van der Waals surface area contributed by atoms with E-state index in [0.29, 0.717) is 0 Å². The SMILES string of the molecule is Cc1cc(CC(=O)O)n(C(C)C)n1. The number of hydrogen-bond donors (Lipinski definition) is 1. The molecule has 0 spiro atoms. The van der Waals surface area contributed by atoms with E-state index in [0.717, 1.165) is 11.4 Å². The van der Waals surface area contributed by atoms with Gasteiger partial charge in [0.05, 0.1) is 17.8 Å². The normalized spacial score (nSPS) is 10.8. The zero-order valence-corrected chi connectivity index (χ0v) is 8.11. The van der Waals surface area contributed by atoms with Gasteiger partial charge in [-0.05, 0) is 26.8 Å². The fourth-order valence-corrected chi connectivity index (χ4v) is 1.30. The second-order valence-electron chi connectivity index (χ2n) is 3.39.